The molecule has 1 aromatic rings. The fourth-order valence-corrected chi connectivity index (χ4v) is 2.74. The Bertz CT molecular complexity index is 431. The van der Waals surface area contributed by atoms with Gasteiger partial charge in [0.25, 0.3) is 0 Å². The molecule has 0 saturated carbocycles. The predicted octanol–water partition coefficient (Wildman–Crippen LogP) is 3.01. The highest BCUT2D eigenvalue weighted by molar-refractivity contribution is 5.85. The molecule has 1 aliphatic heterocycles. The van der Waals surface area contributed by atoms with Crippen molar-refractivity contribution in [3.05, 3.63) is 34.9 Å². The van der Waals surface area contributed by atoms with E-state index in [1.165, 1.54) is 16.7 Å². The Morgan fingerprint density at radius 3 is 2.20 bits per heavy atom. The summed E-state index contributed by atoms with van der Waals surface area (Å²) in [7, 11) is 0. The molecule has 2 rings (SSSR count). The molecule has 112 valence electrons. The van der Waals surface area contributed by atoms with E-state index < -0.39 is 0 Å². The van der Waals surface area contributed by atoms with E-state index in [-0.39, 0.29) is 30.9 Å². The van der Waals surface area contributed by atoms with Gasteiger partial charge < -0.3 is 5.32 Å². The second-order valence-electron chi connectivity index (χ2n) is 5.09. The minimum atomic E-state index is 0. The molecule has 1 heterocycles. The molecular formula is C15H23Cl2N3. The van der Waals surface area contributed by atoms with E-state index in [0.717, 1.165) is 26.2 Å². The molecule has 0 bridgehead atoms. The second-order valence-corrected chi connectivity index (χ2v) is 5.09. The Balaban J connectivity index is 0.00000180. The molecular weight excluding hydrogens is 293 g/mol. The summed E-state index contributed by atoms with van der Waals surface area (Å²) in [4.78, 5) is 2.42. The summed E-state index contributed by atoms with van der Waals surface area (Å²) >= 11 is 0. The van der Waals surface area contributed by atoms with Crippen molar-refractivity contribution in [3.63, 3.8) is 0 Å². The Kier molecular flexibility index (Phi) is 8.84. The van der Waals surface area contributed by atoms with E-state index in [4.69, 9.17) is 5.26 Å². The predicted molar refractivity (Wildman–Crippen MR) is 87.8 cm³/mol. The van der Waals surface area contributed by atoms with Crippen LogP contribution in [0.15, 0.2) is 18.2 Å². The number of nitriles is 1. The molecule has 1 aromatic carbocycles. The molecule has 0 unspecified atom stereocenters. The third-order valence-corrected chi connectivity index (χ3v) is 3.51. The largest absolute Gasteiger partial charge is 0.314 e. The quantitative estimate of drug-likeness (QED) is 0.932. The van der Waals surface area contributed by atoms with Crippen molar-refractivity contribution in [2.24, 2.45) is 0 Å². The average Bonchev–Trinajstić information content (AvgIpc) is 2.36. The minimum Gasteiger partial charge on any atom is -0.314 e. The number of hydrogen-bond donors (Lipinski definition) is 1. The number of piperazine rings is 1. The summed E-state index contributed by atoms with van der Waals surface area (Å²) in [5.74, 6) is 0. The lowest BCUT2D eigenvalue weighted by atomic mass is 9.98. The normalized spacial score (nSPS) is 16.4. The van der Waals surface area contributed by atoms with Crippen LogP contribution in [0.5, 0.6) is 0 Å². The summed E-state index contributed by atoms with van der Waals surface area (Å²) in [5, 5.41) is 12.4. The van der Waals surface area contributed by atoms with E-state index in [1.807, 2.05) is 0 Å². The summed E-state index contributed by atoms with van der Waals surface area (Å²) in [6.07, 6.45) is 0.572. The maximum atomic E-state index is 9.07. The molecule has 1 N–H and O–H groups in total. The first-order chi connectivity index (χ1) is 8.70. The standard InChI is InChI=1S/C15H21N3.2ClH/c1-12-9-13(2)11-14(10-12)15(3-4-16)18-7-5-17-6-8-18;;/h9-11,15,17H,3,5-8H2,1-2H3;2*1H/t15-;;/m1../s1. The highest BCUT2D eigenvalue weighted by atomic mass is 35.5. The van der Waals surface area contributed by atoms with Gasteiger partial charge in [0.05, 0.1) is 12.5 Å². The number of nitrogens with zero attached hydrogens (tertiary/aromatic N) is 2. The van der Waals surface area contributed by atoms with Crippen LogP contribution in [-0.4, -0.2) is 31.1 Å². The van der Waals surface area contributed by atoms with Crippen molar-refractivity contribution >= 4 is 24.8 Å². The molecule has 0 radical (unpaired) electrons. The van der Waals surface area contributed by atoms with Crippen LogP contribution in [0.3, 0.4) is 0 Å². The van der Waals surface area contributed by atoms with Gasteiger partial charge in [0.1, 0.15) is 0 Å². The van der Waals surface area contributed by atoms with Crippen LogP contribution in [0.2, 0.25) is 0 Å². The molecule has 3 nitrogen and oxygen atoms in total. The lowest BCUT2D eigenvalue weighted by Gasteiger charge is -2.34. The van der Waals surface area contributed by atoms with Gasteiger partial charge >= 0.3 is 0 Å². The Hall–Kier alpha value is -0.790. The number of nitrogens with one attached hydrogen (secondary N) is 1. The zero-order valence-electron chi connectivity index (χ0n) is 12.1. The van der Waals surface area contributed by atoms with Gasteiger partial charge in [0.15, 0.2) is 0 Å². The fourth-order valence-electron chi connectivity index (χ4n) is 2.74. The smallest absolute Gasteiger partial charge is 0.0641 e. The molecule has 0 amide bonds. The van der Waals surface area contributed by atoms with Crippen molar-refractivity contribution in [2.75, 3.05) is 26.2 Å². The first-order valence-corrected chi connectivity index (χ1v) is 6.60. The van der Waals surface area contributed by atoms with Crippen LogP contribution >= 0.6 is 24.8 Å². The topological polar surface area (TPSA) is 39.1 Å². The maximum absolute atomic E-state index is 9.07. The van der Waals surface area contributed by atoms with Crippen molar-refractivity contribution < 1.29 is 0 Å². The van der Waals surface area contributed by atoms with Crippen molar-refractivity contribution in [3.8, 4) is 6.07 Å². The van der Waals surface area contributed by atoms with Crippen LogP contribution in [0, 0.1) is 25.2 Å². The number of rotatable bonds is 3. The van der Waals surface area contributed by atoms with Crippen LogP contribution in [-0.2, 0) is 0 Å². The number of aryl methyl sites for hydroxylation is 2. The highest BCUT2D eigenvalue weighted by Crippen LogP contribution is 2.26. The number of hydrogen-bond acceptors (Lipinski definition) is 3. The lowest BCUT2D eigenvalue weighted by Crippen LogP contribution is -2.45. The summed E-state index contributed by atoms with van der Waals surface area (Å²) < 4.78 is 0. The monoisotopic (exact) mass is 315 g/mol. The Morgan fingerprint density at radius 1 is 1.15 bits per heavy atom. The zero-order valence-corrected chi connectivity index (χ0v) is 13.7. The molecule has 1 saturated heterocycles. The van der Waals surface area contributed by atoms with Crippen LogP contribution in [0.25, 0.3) is 0 Å². The second kappa shape index (κ2) is 9.20. The van der Waals surface area contributed by atoms with Crippen molar-refractivity contribution in [1.29, 1.82) is 5.26 Å². The first kappa shape index (κ1) is 19.2. The number of benzene rings is 1. The lowest BCUT2D eigenvalue weighted by molar-refractivity contribution is 0.175. The van der Waals surface area contributed by atoms with Crippen LogP contribution < -0.4 is 5.32 Å². The first-order valence-electron chi connectivity index (χ1n) is 6.60. The third-order valence-electron chi connectivity index (χ3n) is 3.51. The summed E-state index contributed by atoms with van der Waals surface area (Å²) in [6.45, 7) is 8.34. The molecule has 1 aliphatic rings. The van der Waals surface area contributed by atoms with Gasteiger partial charge in [-0.25, -0.2) is 0 Å². The van der Waals surface area contributed by atoms with Crippen molar-refractivity contribution in [1.82, 2.24) is 10.2 Å². The van der Waals surface area contributed by atoms with Crippen LogP contribution in [0.4, 0.5) is 0 Å². The van der Waals surface area contributed by atoms with Gasteiger partial charge in [-0.15, -0.1) is 24.8 Å². The highest BCUT2D eigenvalue weighted by Gasteiger charge is 2.22. The molecule has 0 aromatic heterocycles. The van der Waals surface area contributed by atoms with Gasteiger partial charge in [-0.2, -0.15) is 5.26 Å². The van der Waals surface area contributed by atoms with Gasteiger partial charge in [0, 0.05) is 32.2 Å². The maximum Gasteiger partial charge on any atom is 0.0641 e. The average molecular weight is 316 g/mol. The Morgan fingerprint density at radius 2 is 1.70 bits per heavy atom. The summed E-state index contributed by atoms with van der Waals surface area (Å²) in [6, 6.07) is 9.21. The van der Waals surface area contributed by atoms with E-state index in [2.05, 4.69) is 48.3 Å². The molecule has 1 fully saturated rings. The van der Waals surface area contributed by atoms with Gasteiger partial charge in [-0.1, -0.05) is 29.3 Å². The van der Waals surface area contributed by atoms with E-state index in [1.54, 1.807) is 0 Å². The van der Waals surface area contributed by atoms with Crippen molar-refractivity contribution in [2.45, 2.75) is 26.3 Å². The third kappa shape index (κ3) is 4.96. The van der Waals surface area contributed by atoms with Gasteiger partial charge in [-0.3, -0.25) is 4.90 Å². The molecule has 5 heteroatoms. The minimum absolute atomic E-state index is 0. The fraction of sp³-hybridized carbons (Fsp3) is 0.533. The summed E-state index contributed by atoms with van der Waals surface area (Å²) in [5.41, 5.74) is 3.85. The van der Waals surface area contributed by atoms with E-state index in [0.29, 0.717) is 6.42 Å². The molecule has 20 heavy (non-hydrogen) atoms. The van der Waals surface area contributed by atoms with Gasteiger partial charge in [-0.05, 0) is 19.4 Å². The van der Waals surface area contributed by atoms with Crippen LogP contribution in [0.1, 0.15) is 29.2 Å². The van der Waals surface area contributed by atoms with Gasteiger partial charge in [0.2, 0.25) is 0 Å². The molecule has 0 spiro atoms. The molecule has 1 atom stereocenters. The zero-order chi connectivity index (χ0) is 13.0. The number of halogens is 2. The SMILES string of the molecule is Cc1cc(C)cc([C@@H](CC#N)N2CCNCC2)c1.Cl.Cl. The Labute approximate surface area is 134 Å². The van der Waals surface area contributed by atoms with E-state index in [9.17, 15) is 0 Å². The molecule has 0 aliphatic carbocycles. The van der Waals surface area contributed by atoms with E-state index >= 15 is 0 Å².